The number of hydrogen-bond acceptors (Lipinski definition) is 3. The molecule has 1 saturated carbocycles. The summed E-state index contributed by atoms with van der Waals surface area (Å²) >= 11 is 0. The van der Waals surface area contributed by atoms with Gasteiger partial charge in [-0.2, -0.15) is 0 Å². The van der Waals surface area contributed by atoms with Crippen molar-refractivity contribution < 1.29 is 14.3 Å². The van der Waals surface area contributed by atoms with Crippen LogP contribution in [0.4, 0.5) is 0 Å². The minimum Gasteiger partial charge on any atom is -0.484 e. The molecule has 1 aliphatic carbocycles. The van der Waals surface area contributed by atoms with Gasteiger partial charge in [-0.3, -0.25) is 9.59 Å². The molecule has 1 atom stereocenters. The second kappa shape index (κ2) is 11.2. The van der Waals surface area contributed by atoms with E-state index in [0.29, 0.717) is 12.3 Å². The lowest BCUT2D eigenvalue weighted by Crippen LogP contribution is -2.51. The minimum atomic E-state index is -0.575. The molecule has 0 saturated heterocycles. The molecule has 0 heterocycles. The number of benzene rings is 2. The van der Waals surface area contributed by atoms with Gasteiger partial charge in [-0.1, -0.05) is 55.2 Å². The quantitative estimate of drug-likeness (QED) is 0.643. The first-order valence-electron chi connectivity index (χ1n) is 11.7. The second-order valence-corrected chi connectivity index (χ2v) is 9.14. The van der Waals surface area contributed by atoms with E-state index in [1.165, 1.54) is 6.42 Å². The number of carbonyl (C=O) groups excluding carboxylic acids is 2. The standard InChI is InChI=1S/C27H36N2O3/c1-19-10-12-23(13-11-19)17-29(22(4)27(31)28-24-8-6-5-7-9-24)26(30)18-32-25-15-20(2)14-21(3)16-25/h10-16,22,24H,5-9,17-18H2,1-4H3,(H,28,31). The van der Waals surface area contributed by atoms with Gasteiger partial charge in [-0.15, -0.1) is 0 Å². The molecular weight excluding hydrogens is 400 g/mol. The number of nitrogens with one attached hydrogen (secondary N) is 1. The molecule has 0 bridgehead atoms. The van der Waals surface area contributed by atoms with Crippen LogP contribution in [0.1, 0.15) is 61.3 Å². The zero-order chi connectivity index (χ0) is 23.1. The molecule has 2 amide bonds. The minimum absolute atomic E-state index is 0.0937. The normalized spacial score (nSPS) is 15.1. The largest absolute Gasteiger partial charge is 0.484 e. The van der Waals surface area contributed by atoms with Crippen LogP contribution in [-0.2, 0) is 16.1 Å². The molecule has 5 heteroatoms. The van der Waals surface area contributed by atoms with Crippen molar-refractivity contribution >= 4 is 11.8 Å². The number of rotatable bonds is 8. The number of hydrogen-bond donors (Lipinski definition) is 1. The first-order valence-corrected chi connectivity index (χ1v) is 11.7. The molecule has 0 aliphatic heterocycles. The maximum absolute atomic E-state index is 13.2. The molecule has 5 nitrogen and oxygen atoms in total. The molecule has 0 spiro atoms. The van der Waals surface area contributed by atoms with Gasteiger partial charge >= 0.3 is 0 Å². The highest BCUT2D eigenvalue weighted by atomic mass is 16.5. The first kappa shape index (κ1) is 23.8. The molecular formula is C27H36N2O3. The molecule has 2 aromatic carbocycles. The predicted molar refractivity (Wildman–Crippen MR) is 128 cm³/mol. The van der Waals surface area contributed by atoms with Crippen LogP contribution in [0.25, 0.3) is 0 Å². The third-order valence-electron chi connectivity index (χ3n) is 6.15. The number of aryl methyl sites for hydroxylation is 3. The fourth-order valence-corrected chi connectivity index (χ4v) is 4.29. The number of nitrogens with zero attached hydrogens (tertiary/aromatic N) is 1. The second-order valence-electron chi connectivity index (χ2n) is 9.14. The van der Waals surface area contributed by atoms with Crippen LogP contribution in [0.2, 0.25) is 0 Å². The van der Waals surface area contributed by atoms with Crippen molar-refractivity contribution in [3.05, 3.63) is 64.7 Å². The molecule has 1 unspecified atom stereocenters. The highest BCUT2D eigenvalue weighted by molar-refractivity contribution is 5.88. The Balaban J connectivity index is 1.71. The highest BCUT2D eigenvalue weighted by Gasteiger charge is 2.28. The predicted octanol–water partition coefficient (Wildman–Crippen LogP) is 4.86. The third kappa shape index (κ3) is 6.84. The van der Waals surface area contributed by atoms with Crippen molar-refractivity contribution in [2.24, 2.45) is 0 Å². The van der Waals surface area contributed by atoms with Crippen LogP contribution in [0.5, 0.6) is 5.75 Å². The van der Waals surface area contributed by atoms with Crippen molar-refractivity contribution in [3.63, 3.8) is 0 Å². The van der Waals surface area contributed by atoms with Crippen LogP contribution in [0, 0.1) is 20.8 Å². The lowest BCUT2D eigenvalue weighted by Gasteiger charge is -2.31. The number of ether oxygens (including phenoxy) is 1. The van der Waals surface area contributed by atoms with E-state index in [2.05, 4.69) is 11.4 Å². The molecule has 1 fully saturated rings. The van der Waals surface area contributed by atoms with Gasteiger partial charge in [0.25, 0.3) is 5.91 Å². The molecule has 0 radical (unpaired) electrons. The van der Waals surface area contributed by atoms with E-state index in [4.69, 9.17) is 4.74 Å². The summed E-state index contributed by atoms with van der Waals surface area (Å²) in [5, 5.41) is 3.16. The summed E-state index contributed by atoms with van der Waals surface area (Å²) in [5.74, 6) is 0.380. The Morgan fingerprint density at radius 1 is 0.969 bits per heavy atom. The summed E-state index contributed by atoms with van der Waals surface area (Å²) in [6.45, 7) is 8.11. The average Bonchev–Trinajstić information content (AvgIpc) is 2.76. The van der Waals surface area contributed by atoms with Gasteiger partial charge in [0.05, 0.1) is 0 Å². The number of carbonyl (C=O) groups is 2. The molecule has 2 aromatic rings. The van der Waals surface area contributed by atoms with Gasteiger partial charge in [-0.25, -0.2) is 0 Å². The zero-order valence-electron chi connectivity index (χ0n) is 19.8. The summed E-state index contributed by atoms with van der Waals surface area (Å²) in [6, 6.07) is 13.6. The Morgan fingerprint density at radius 2 is 1.59 bits per heavy atom. The first-order chi connectivity index (χ1) is 15.3. The smallest absolute Gasteiger partial charge is 0.261 e. The van der Waals surface area contributed by atoms with Gasteiger partial charge < -0.3 is 15.0 Å². The maximum Gasteiger partial charge on any atom is 0.261 e. The lowest BCUT2D eigenvalue weighted by atomic mass is 9.95. The molecule has 172 valence electrons. The van der Waals surface area contributed by atoms with Crippen LogP contribution < -0.4 is 10.1 Å². The zero-order valence-corrected chi connectivity index (χ0v) is 19.8. The highest BCUT2D eigenvalue weighted by Crippen LogP contribution is 2.19. The Morgan fingerprint density at radius 3 is 2.22 bits per heavy atom. The maximum atomic E-state index is 13.2. The van der Waals surface area contributed by atoms with Crippen molar-refractivity contribution in [3.8, 4) is 5.75 Å². The Kier molecular flexibility index (Phi) is 8.32. The number of amides is 2. The van der Waals surface area contributed by atoms with E-state index in [-0.39, 0.29) is 24.5 Å². The van der Waals surface area contributed by atoms with Gasteiger partial charge in [-0.05, 0) is 69.4 Å². The van der Waals surface area contributed by atoms with Gasteiger partial charge in [0, 0.05) is 12.6 Å². The Bertz CT molecular complexity index is 897. The average molecular weight is 437 g/mol. The van der Waals surface area contributed by atoms with E-state index in [9.17, 15) is 9.59 Å². The van der Waals surface area contributed by atoms with Gasteiger partial charge in [0.15, 0.2) is 6.61 Å². The molecule has 32 heavy (non-hydrogen) atoms. The topological polar surface area (TPSA) is 58.6 Å². The monoisotopic (exact) mass is 436 g/mol. The SMILES string of the molecule is Cc1ccc(CN(C(=O)COc2cc(C)cc(C)c2)C(C)C(=O)NC2CCCCC2)cc1. The van der Waals surface area contributed by atoms with Crippen LogP contribution in [0.15, 0.2) is 42.5 Å². The summed E-state index contributed by atoms with van der Waals surface area (Å²) in [5.41, 5.74) is 4.33. The van der Waals surface area contributed by atoms with Crippen LogP contribution in [-0.4, -0.2) is 35.4 Å². The molecule has 3 rings (SSSR count). The van der Waals surface area contributed by atoms with E-state index >= 15 is 0 Å². The van der Waals surface area contributed by atoms with Crippen molar-refractivity contribution in [2.45, 2.75) is 78.4 Å². The molecule has 0 aromatic heterocycles. The van der Waals surface area contributed by atoms with Crippen molar-refractivity contribution in [1.82, 2.24) is 10.2 Å². The molecule has 1 aliphatic rings. The summed E-state index contributed by atoms with van der Waals surface area (Å²) in [7, 11) is 0. The van der Waals surface area contributed by atoms with E-state index in [0.717, 1.165) is 47.9 Å². The van der Waals surface area contributed by atoms with E-state index in [1.54, 1.807) is 11.8 Å². The van der Waals surface area contributed by atoms with Gasteiger partial charge in [0.2, 0.25) is 5.91 Å². The summed E-state index contributed by atoms with van der Waals surface area (Å²) in [6.07, 6.45) is 5.56. The van der Waals surface area contributed by atoms with Crippen LogP contribution in [0.3, 0.4) is 0 Å². The summed E-state index contributed by atoms with van der Waals surface area (Å²) < 4.78 is 5.82. The van der Waals surface area contributed by atoms with E-state index in [1.807, 2.05) is 57.2 Å². The summed E-state index contributed by atoms with van der Waals surface area (Å²) in [4.78, 5) is 27.9. The molecule has 1 N–H and O–H groups in total. The Labute approximate surface area is 192 Å². The fraction of sp³-hybridized carbons (Fsp3) is 0.481. The van der Waals surface area contributed by atoms with Gasteiger partial charge in [0.1, 0.15) is 11.8 Å². The third-order valence-corrected chi connectivity index (χ3v) is 6.15. The van der Waals surface area contributed by atoms with Crippen molar-refractivity contribution in [1.29, 1.82) is 0 Å². The van der Waals surface area contributed by atoms with Crippen LogP contribution >= 0.6 is 0 Å². The Hall–Kier alpha value is -2.82. The fourth-order valence-electron chi connectivity index (χ4n) is 4.29. The van der Waals surface area contributed by atoms with Crippen molar-refractivity contribution in [2.75, 3.05) is 6.61 Å². The lowest BCUT2D eigenvalue weighted by molar-refractivity contribution is -0.142. The van der Waals surface area contributed by atoms with E-state index < -0.39 is 6.04 Å².